The van der Waals surface area contributed by atoms with Crippen molar-refractivity contribution < 1.29 is 9.84 Å². The second-order valence-corrected chi connectivity index (χ2v) is 4.30. The van der Waals surface area contributed by atoms with Crippen LogP contribution in [0.15, 0.2) is 24.5 Å². The van der Waals surface area contributed by atoms with Crippen LogP contribution in [-0.2, 0) is 11.3 Å². The SMILES string of the molecule is OC1(CNCc2cccnc2)CCOCC1. The minimum Gasteiger partial charge on any atom is -0.388 e. The van der Waals surface area contributed by atoms with Gasteiger partial charge >= 0.3 is 0 Å². The number of rotatable bonds is 4. The number of aliphatic hydroxyl groups is 1. The van der Waals surface area contributed by atoms with Crippen LogP contribution in [0.5, 0.6) is 0 Å². The summed E-state index contributed by atoms with van der Waals surface area (Å²) in [6.07, 6.45) is 5.02. The Bertz CT molecular complexity index is 310. The molecule has 0 amide bonds. The van der Waals surface area contributed by atoms with Gasteiger partial charge in [-0.15, -0.1) is 0 Å². The number of nitrogens with one attached hydrogen (secondary N) is 1. The summed E-state index contributed by atoms with van der Waals surface area (Å²) in [4.78, 5) is 4.04. The Kier molecular flexibility index (Phi) is 3.88. The molecule has 2 N–H and O–H groups in total. The first-order valence-electron chi connectivity index (χ1n) is 5.68. The van der Waals surface area contributed by atoms with Crippen LogP contribution < -0.4 is 5.32 Å². The summed E-state index contributed by atoms with van der Waals surface area (Å²) in [6.45, 7) is 2.68. The maximum Gasteiger partial charge on any atom is 0.0815 e. The molecule has 16 heavy (non-hydrogen) atoms. The molecule has 1 aliphatic heterocycles. The lowest BCUT2D eigenvalue weighted by Crippen LogP contribution is -2.44. The van der Waals surface area contributed by atoms with Gasteiger partial charge in [-0.1, -0.05) is 6.07 Å². The van der Waals surface area contributed by atoms with Crippen molar-refractivity contribution in [3.63, 3.8) is 0 Å². The summed E-state index contributed by atoms with van der Waals surface area (Å²) in [6, 6.07) is 3.94. The monoisotopic (exact) mass is 222 g/mol. The van der Waals surface area contributed by atoms with Crippen LogP contribution >= 0.6 is 0 Å². The molecule has 0 aromatic carbocycles. The average molecular weight is 222 g/mol. The number of hydrogen-bond acceptors (Lipinski definition) is 4. The van der Waals surface area contributed by atoms with Crippen molar-refractivity contribution in [2.45, 2.75) is 25.0 Å². The zero-order chi connectivity index (χ0) is 11.3. The first-order chi connectivity index (χ1) is 7.79. The van der Waals surface area contributed by atoms with E-state index in [4.69, 9.17) is 4.74 Å². The molecule has 0 radical (unpaired) electrons. The van der Waals surface area contributed by atoms with Crippen LogP contribution in [0.4, 0.5) is 0 Å². The Morgan fingerprint density at radius 2 is 2.25 bits per heavy atom. The summed E-state index contributed by atoms with van der Waals surface area (Å²) in [5, 5.41) is 13.5. The van der Waals surface area contributed by atoms with Gasteiger partial charge in [0.2, 0.25) is 0 Å². The van der Waals surface area contributed by atoms with Gasteiger partial charge in [-0.2, -0.15) is 0 Å². The molecule has 0 bridgehead atoms. The smallest absolute Gasteiger partial charge is 0.0815 e. The van der Waals surface area contributed by atoms with Gasteiger partial charge in [0.15, 0.2) is 0 Å². The Balaban J connectivity index is 1.75. The van der Waals surface area contributed by atoms with Crippen molar-refractivity contribution >= 4 is 0 Å². The molecule has 1 saturated heterocycles. The standard InChI is InChI=1S/C12H18N2O2/c15-12(3-6-16-7-4-12)10-14-9-11-2-1-5-13-8-11/h1-2,5,8,14-15H,3-4,6-7,9-10H2. The maximum absolute atomic E-state index is 10.2. The van der Waals surface area contributed by atoms with Crippen LogP contribution in [0.1, 0.15) is 18.4 Å². The fourth-order valence-electron chi connectivity index (χ4n) is 1.87. The maximum atomic E-state index is 10.2. The molecule has 1 aromatic heterocycles. The third-order valence-corrected chi connectivity index (χ3v) is 2.93. The van der Waals surface area contributed by atoms with Gasteiger partial charge in [0.1, 0.15) is 0 Å². The molecule has 0 unspecified atom stereocenters. The molecule has 4 nitrogen and oxygen atoms in total. The number of hydrogen-bond donors (Lipinski definition) is 2. The van der Waals surface area contributed by atoms with Crippen LogP contribution in [0.25, 0.3) is 0 Å². The van der Waals surface area contributed by atoms with Crippen molar-refractivity contribution in [3.05, 3.63) is 30.1 Å². The number of ether oxygens (including phenoxy) is 1. The van der Waals surface area contributed by atoms with Gasteiger partial charge in [-0.05, 0) is 11.6 Å². The quantitative estimate of drug-likeness (QED) is 0.788. The predicted molar refractivity (Wildman–Crippen MR) is 60.9 cm³/mol. The van der Waals surface area contributed by atoms with Crippen molar-refractivity contribution in [2.75, 3.05) is 19.8 Å². The summed E-state index contributed by atoms with van der Waals surface area (Å²) >= 11 is 0. The highest BCUT2D eigenvalue weighted by Crippen LogP contribution is 2.19. The highest BCUT2D eigenvalue weighted by Gasteiger charge is 2.28. The van der Waals surface area contributed by atoms with Crippen molar-refractivity contribution in [2.24, 2.45) is 0 Å². The van der Waals surface area contributed by atoms with E-state index >= 15 is 0 Å². The fraction of sp³-hybridized carbons (Fsp3) is 0.583. The number of nitrogens with zero attached hydrogens (tertiary/aromatic N) is 1. The predicted octanol–water partition coefficient (Wildman–Crippen LogP) is 0.713. The Morgan fingerprint density at radius 1 is 1.44 bits per heavy atom. The summed E-state index contributed by atoms with van der Waals surface area (Å²) in [7, 11) is 0. The van der Waals surface area contributed by atoms with Crippen LogP contribution in [0, 0.1) is 0 Å². The van der Waals surface area contributed by atoms with E-state index in [2.05, 4.69) is 10.3 Å². The van der Waals surface area contributed by atoms with E-state index in [1.54, 1.807) is 6.20 Å². The number of pyridine rings is 1. The molecule has 2 rings (SSSR count). The van der Waals surface area contributed by atoms with Gasteiger partial charge in [-0.25, -0.2) is 0 Å². The van der Waals surface area contributed by atoms with Crippen molar-refractivity contribution in [1.29, 1.82) is 0 Å². The van der Waals surface area contributed by atoms with Gasteiger partial charge in [0, 0.05) is 51.5 Å². The lowest BCUT2D eigenvalue weighted by molar-refractivity contribution is -0.0617. The topological polar surface area (TPSA) is 54.4 Å². The summed E-state index contributed by atoms with van der Waals surface area (Å²) < 4.78 is 5.23. The molecule has 1 aromatic rings. The first-order valence-corrected chi connectivity index (χ1v) is 5.68. The van der Waals surface area contributed by atoms with E-state index in [9.17, 15) is 5.11 Å². The second kappa shape index (κ2) is 5.39. The molecule has 1 aliphatic rings. The largest absolute Gasteiger partial charge is 0.388 e. The molecular formula is C12H18N2O2. The number of aromatic nitrogens is 1. The zero-order valence-corrected chi connectivity index (χ0v) is 9.35. The minimum absolute atomic E-state index is 0.597. The molecule has 4 heteroatoms. The highest BCUT2D eigenvalue weighted by molar-refractivity contribution is 5.07. The summed E-state index contributed by atoms with van der Waals surface area (Å²) in [5.74, 6) is 0. The molecular weight excluding hydrogens is 204 g/mol. The van der Waals surface area contributed by atoms with E-state index in [0.717, 1.165) is 12.1 Å². The van der Waals surface area contributed by atoms with Gasteiger partial charge in [0.05, 0.1) is 5.60 Å². The Morgan fingerprint density at radius 3 is 2.94 bits per heavy atom. The summed E-state index contributed by atoms with van der Waals surface area (Å²) in [5.41, 5.74) is 0.540. The molecule has 1 fully saturated rings. The first kappa shape index (κ1) is 11.5. The van der Waals surface area contributed by atoms with E-state index in [1.807, 2.05) is 18.3 Å². The fourth-order valence-corrected chi connectivity index (χ4v) is 1.87. The molecule has 0 spiro atoms. The average Bonchev–Trinajstić information content (AvgIpc) is 2.31. The van der Waals surface area contributed by atoms with Gasteiger partial charge < -0.3 is 15.2 Å². The van der Waals surface area contributed by atoms with Gasteiger partial charge in [-0.3, -0.25) is 4.98 Å². The van der Waals surface area contributed by atoms with Crippen molar-refractivity contribution in [3.8, 4) is 0 Å². The van der Waals surface area contributed by atoms with Crippen LogP contribution in [-0.4, -0.2) is 35.5 Å². The van der Waals surface area contributed by atoms with Gasteiger partial charge in [0.25, 0.3) is 0 Å². The minimum atomic E-state index is -0.597. The lowest BCUT2D eigenvalue weighted by atomic mass is 9.94. The molecule has 0 aliphatic carbocycles. The van der Waals surface area contributed by atoms with Crippen molar-refractivity contribution in [1.82, 2.24) is 10.3 Å². The Hall–Kier alpha value is -0.970. The second-order valence-electron chi connectivity index (χ2n) is 4.30. The Labute approximate surface area is 95.7 Å². The highest BCUT2D eigenvalue weighted by atomic mass is 16.5. The van der Waals surface area contributed by atoms with E-state index in [1.165, 1.54) is 0 Å². The lowest BCUT2D eigenvalue weighted by Gasteiger charge is -2.32. The zero-order valence-electron chi connectivity index (χ0n) is 9.35. The van der Waals surface area contributed by atoms with E-state index in [0.29, 0.717) is 32.6 Å². The van der Waals surface area contributed by atoms with E-state index in [-0.39, 0.29) is 0 Å². The molecule has 88 valence electrons. The molecule has 0 atom stereocenters. The van der Waals surface area contributed by atoms with Crippen LogP contribution in [0.2, 0.25) is 0 Å². The third-order valence-electron chi connectivity index (χ3n) is 2.93. The third kappa shape index (κ3) is 3.27. The molecule has 0 saturated carbocycles. The van der Waals surface area contributed by atoms with Crippen LogP contribution in [0.3, 0.4) is 0 Å². The molecule has 2 heterocycles. The normalized spacial score (nSPS) is 19.6. The van der Waals surface area contributed by atoms with E-state index < -0.39 is 5.60 Å².